The first kappa shape index (κ1) is 13.7. The maximum atomic E-state index is 12.9. The number of ether oxygens (including phenoxy) is 1. The number of halogens is 3. The summed E-state index contributed by atoms with van der Waals surface area (Å²) in [6.07, 6.45) is -4.30. The predicted molar refractivity (Wildman–Crippen MR) is 49.2 cm³/mol. The van der Waals surface area contributed by atoms with E-state index in [-0.39, 0.29) is 13.2 Å². The Bertz CT molecular complexity index is 162. The molecule has 14 heavy (non-hydrogen) atoms. The molecule has 0 aromatic heterocycles. The third-order valence-electron chi connectivity index (χ3n) is 2.36. The van der Waals surface area contributed by atoms with Crippen LogP contribution in [0.2, 0.25) is 0 Å². The van der Waals surface area contributed by atoms with Gasteiger partial charge in [0.2, 0.25) is 0 Å². The number of hydrogen-bond donors (Lipinski definition) is 1. The van der Waals surface area contributed by atoms with Crippen LogP contribution >= 0.6 is 0 Å². The molecule has 0 radical (unpaired) electrons. The Hall–Kier alpha value is -0.290. The predicted octanol–water partition coefficient (Wildman–Crippen LogP) is 2.20. The van der Waals surface area contributed by atoms with E-state index in [9.17, 15) is 13.2 Å². The molecule has 0 spiro atoms. The highest BCUT2D eigenvalue weighted by atomic mass is 19.4. The van der Waals surface area contributed by atoms with Crippen molar-refractivity contribution in [1.29, 1.82) is 0 Å². The van der Waals surface area contributed by atoms with Gasteiger partial charge in [0.25, 0.3) is 0 Å². The van der Waals surface area contributed by atoms with Gasteiger partial charge in [-0.1, -0.05) is 20.8 Å². The van der Waals surface area contributed by atoms with Gasteiger partial charge >= 0.3 is 6.18 Å². The normalized spacial score (nSPS) is 17.1. The molecule has 1 atom stereocenters. The fraction of sp³-hybridized carbons (Fsp3) is 1.00. The zero-order valence-corrected chi connectivity index (χ0v) is 9.03. The van der Waals surface area contributed by atoms with Crippen LogP contribution in [0.25, 0.3) is 0 Å². The van der Waals surface area contributed by atoms with E-state index in [2.05, 4.69) is 10.1 Å². The van der Waals surface area contributed by atoms with E-state index in [1.807, 2.05) is 0 Å². The fourth-order valence-electron chi connectivity index (χ4n) is 1.47. The first-order valence-electron chi connectivity index (χ1n) is 4.62. The maximum Gasteiger partial charge on any atom is 0.409 e. The standard InChI is InChI=1S/C9H18F3NO/c1-5-13-8(6-14-4,7(2)3)9(10,11)12/h7,13H,5-6H2,1-4H3. The van der Waals surface area contributed by atoms with Crippen LogP contribution in [0.15, 0.2) is 0 Å². The van der Waals surface area contributed by atoms with Crippen molar-refractivity contribution >= 4 is 0 Å². The topological polar surface area (TPSA) is 21.3 Å². The molecule has 86 valence electrons. The summed E-state index contributed by atoms with van der Waals surface area (Å²) >= 11 is 0. The highest BCUT2D eigenvalue weighted by Crippen LogP contribution is 2.36. The molecule has 0 aromatic rings. The maximum absolute atomic E-state index is 12.9. The van der Waals surface area contributed by atoms with Crippen molar-refractivity contribution in [2.24, 2.45) is 5.92 Å². The monoisotopic (exact) mass is 213 g/mol. The summed E-state index contributed by atoms with van der Waals surface area (Å²) in [5, 5.41) is 2.49. The molecule has 0 amide bonds. The molecule has 0 saturated heterocycles. The van der Waals surface area contributed by atoms with Crippen LogP contribution in [0.3, 0.4) is 0 Å². The summed E-state index contributed by atoms with van der Waals surface area (Å²) in [5.41, 5.74) is -1.93. The van der Waals surface area contributed by atoms with Gasteiger partial charge in [0.05, 0.1) is 6.61 Å². The van der Waals surface area contributed by atoms with Gasteiger partial charge in [-0.25, -0.2) is 0 Å². The number of methoxy groups -OCH3 is 1. The Labute approximate surface area is 82.8 Å². The third-order valence-corrected chi connectivity index (χ3v) is 2.36. The minimum Gasteiger partial charge on any atom is -0.382 e. The van der Waals surface area contributed by atoms with Crippen molar-refractivity contribution < 1.29 is 17.9 Å². The molecule has 0 fully saturated rings. The molecule has 5 heteroatoms. The van der Waals surface area contributed by atoms with E-state index in [0.29, 0.717) is 0 Å². The first-order valence-corrected chi connectivity index (χ1v) is 4.62. The molecule has 2 nitrogen and oxygen atoms in total. The summed E-state index contributed by atoms with van der Waals surface area (Å²) < 4.78 is 43.2. The largest absolute Gasteiger partial charge is 0.409 e. The summed E-state index contributed by atoms with van der Waals surface area (Å²) in [7, 11) is 1.28. The molecule has 0 bridgehead atoms. The van der Waals surface area contributed by atoms with Crippen molar-refractivity contribution in [3.05, 3.63) is 0 Å². The highest BCUT2D eigenvalue weighted by molar-refractivity contribution is 4.97. The zero-order valence-electron chi connectivity index (χ0n) is 9.03. The number of nitrogens with one attached hydrogen (secondary N) is 1. The van der Waals surface area contributed by atoms with Gasteiger partial charge in [0.15, 0.2) is 0 Å². The van der Waals surface area contributed by atoms with Gasteiger partial charge in [0.1, 0.15) is 5.54 Å². The minimum atomic E-state index is -4.30. The lowest BCUT2D eigenvalue weighted by atomic mass is 9.86. The average molecular weight is 213 g/mol. The Balaban J connectivity index is 4.94. The molecule has 0 aliphatic rings. The van der Waals surface area contributed by atoms with Crippen LogP contribution in [-0.4, -0.2) is 32.0 Å². The molecular weight excluding hydrogens is 195 g/mol. The summed E-state index contributed by atoms with van der Waals surface area (Å²) in [5.74, 6) is -0.567. The zero-order chi connectivity index (χ0) is 11.4. The molecular formula is C9H18F3NO. The van der Waals surface area contributed by atoms with Gasteiger partial charge in [0, 0.05) is 7.11 Å². The van der Waals surface area contributed by atoms with E-state index in [4.69, 9.17) is 0 Å². The van der Waals surface area contributed by atoms with Crippen LogP contribution in [0, 0.1) is 5.92 Å². The Morgan fingerprint density at radius 2 is 1.79 bits per heavy atom. The van der Waals surface area contributed by atoms with Gasteiger partial charge in [-0.15, -0.1) is 0 Å². The smallest absolute Gasteiger partial charge is 0.382 e. The van der Waals surface area contributed by atoms with E-state index < -0.39 is 17.6 Å². The van der Waals surface area contributed by atoms with Crippen molar-refractivity contribution in [2.75, 3.05) is 20.3 Å². The second-order valence-electron chi connectivity index (χ2n) is 3.59. The van der Waals surface area contributed by atoms with Gasteiger partial charge in [-0.05, 0) is 12.5 Å². The van der Waals surface area contributed by atoms with E-state index >= 15 is 0 Å². The lowest BCUT2D eigenvalue weighted by molar-refractivity contribution is -0.222. The van der Waals surface area contributed by atoms with Crippen molar-refractivity contribution in [3.63, 3.8) is 0 Å². The summed E-state index contributed by atoms with van der Waals surface area (Å²) in [6, 6.07) is 0. The number of alkyl halides is 3. The van der Waals surface area contributed by atoms with E-state index in [1.165, 1.54) is 21.0 Å². The summed E-state index contributed by atoms with van der Waals surface area (Å²) in [4.78, 5) is 0. The van der Waals surface area contributed by atoms with Crippen molar-refractivity contribution in [1.82, 2.24) is 5.32 Å². The van der Waals surface area contributed by atoms with E-state index in [1.54, 1.807) is 6.92 Å². The average Bonchev–Trinajstić information content (AvgIpc) is 2.01. The quantitative estimate of drug-likeness (QED) is 0.756. The SMILES string of the molecule is CCNC(COC)(C(C)C)C(F)(F)F. The van der Waals surface area contributed by atoms with Crippen molar-refractivity contribution in [3.8, 4) is 0 Å². The second kappa shape index (κ2) is 4.98. The highest BCUT2D eigenvalue weighted by Gasteiger charge is 2.56. The first-order chi connectivity index (χ1) is 6.31. The van der Waals surface area contributed by atoms with Crippen LogP contribution in [0.5, 0.6) is 0 Å². The Kier molecular flexibility index (Phi) is 4.88. The lowest BCUT2D eigenvalue weighted by Crippen LogP contribution is -2.63. The molecule has 0 saturated carbocycles. The number of likely N-dealkylation sites (N-methyl/N-ethyl adjacent to an activating group) is 1. The van der Waals surface area contributed by atoms with Gasteiger partial charge < -0.3 is 10.1 Å². The molecule has 1 unspecified atom stereocenters. The van der Waals surface area contributed by atoms with Gasteiger partial charge in [-0.2, -0.15) is 13.2 Å². The third kappa shape index (κ3) is 2.60. The minimum absolute atomic E-state index is 0.265. The van der Waals surface area contributed by atoms with Crippen LogP contribution in [-0.2, 0) is 4.74 Å². The van der Waals surface area contributed by atoms with E-state index in [0.717, 1.165) is 0 Å². The molecule has 0 aliphatic heterocycles. The number of hydrogen-bond acceptors (Lipinski definition) is 2. The van der Waals surface area contributed by atoms with Crippen LogP contribution in [0.4, 0.5) is 13.2 Å². The van der Waals surface area contributed by atoms with Crippen LogP contribution in [0.1, 0.15) is 20.8 Å². The Morgan fingerprint density at radius 3 is 2.00 bits per heavy atom. The molecule has 0 aliphatic carbocycles. The number of rotatable bonds is 5. The molecule has 1 N–H and O–H groups in total. The molecule has 0 rings (SSSR count). The second-order valence-corrected chi connectivity index (χ2v) is 3.59. The Morgan fingerprint density at radius 1 is 1.29 bits per heavy atom. The van der Waals surface area contributed by atoms with Crippen LogP contribution < -0.4 is 5.32 Å². The van der Waals surface area contributed by atoms with Crippen molar-refractivity contribution in [2.45, 2.75) is 32.5 Å². The molecule has 0 aromatic carbocycles. The fourth-order valence-corrected chi connectivity index (χ4v) is 1.47. The summed E-state index contributed by atoms with van der Waals surface area (Å²) in [6.45, 7) is 4.63. The molecule has 0 heterocycles. The van der Waals surface area contributed by atoms with Gasteiger partial charge in [-0.3, -0.25) is 0 Å². The lowest BCUT2D eigenvalue weighted by Gasteiger charge is -2.39.